The quantitative estimate of drug-likeness (QED) is 0.606. The van der Waals surface area contributed by atoms with E-state index in [1.54, 1.807) is 23.1 Å². The van der Waals surface area contributed by atoms with Crippen molar-refractivity contribution in [2.45, 2.75) is 18.4 Å². The highest BCUT2D eigenvalue weighted by atomic mass is 79.9. The highest BCUT2D eigenvalue weighted by Gasteiger charge is 2.35. The van der Waals surface area contributed by atoms with Gasteiger partial charge in [0, 0.05) is 17.6 Å². The Bertz CT molecular complexity index is 1080. The number of ether oxygens (including phenoxy) is 1. The molecule has 7 heteroatoms. The Balaban J connectivity index is 1.40. The smallest absolute Gasteiger partial charge is 0.339 e. The summed E-state index contributed by atoms with van der Waals surface area (Å²) in [5.74, 6) is 0.147. The van der Waals surface area contributed by atoms with Crippen LogP contribution in [0, 0.1) is 0 Å². The predicted octanol–water partition coefficient (Wildman–Crippen LogP) is 3.44. The van der Waals surface area contributed by atoms with E-state index in [1.807, 2.05) is 30.3 Å². The number of amides is 1. The molecule has 3 aromatic rings. The zero-order chi connectivity index (χ0) is 20.4. The highest BCUT2D eigenvalue weighted by molar-refractivity contribution is 9.10. The normalized spacial score (nSPS) is 16.0. The lowest BCUT2D eigenvalue weighted by Gasteiger charge is -2.38. The van der Waals surface area contributed by atoms with E-state index in [2.05, 4.69) is 15.9 Å². The summed E-state index contributed by atoms with van der Waals surface area (Å²) in [6.45, 7) is 0.697. The van der Waals surface area contributed by atoms with Crippen LogP contribution in [-0.2, 0) is 10.4 Å². The maximum Gasteiger partial charge on any atom is 0.339 e. The van der Waals surface area contributed by atoms with Gasteiger partial charge in [0.05, 0.1) is 17.1 Å². The van der Waals surface area contributed by atoms with E-state index in [0.717, 1.165) is 10.0 Å². The number of nitrogens with zero attached hydrogens (tertiary/aromatic N) is 1. The second kappa shape index (κ2) is 8.00. The van der Waals surface area contributed by atoms with Gasteiger partial charge in [0.2, 0.25) is 0 Å². The SMILES string of the molecule is O=C(COc1cc(=O)oc2ccccc12)N1CCC(O)(c2ccc(Br)cc2)CC1. The molecule has 1 fully saturated rings. The van der Waals surface area contributed by atoms with Gasteiger partial charge in [0.15, 0.2) is 6.61 Å². The summed E-state index contributed by atoms with van der Waals surface area (Å²) in [6.07, 6.45) is 0.913. The third-order valence-corrected chi connectivity index (χ3v) is 5.82. The lowest BCUT2D eigenvalue weighted by Crippen LogP contribution is -2.46. The fraction of sp³-hybridized carbons (Fsp3) is 0.273. The molecule has 1 aromatic heterocycles. The Morgan fingerprint density at radius 1 is 1.14 bits per heavy atom. The molecule has 0 saturated carbocycles. The average molecular weight is 458 g/mol. The van der Waals surface area contributed by atoms with E-state index in [0.29, 0.717) is 42.6 Å². The van der Waals surface area contributed by atoms with Crippen molar-refractivity contribution < 1.29 is 19.1 Å². The second-order valence-electron chi connectivity index (χ2n) is 7.13. The number of likely N-dealkylation sites (tertiary alicyclic amines) is 1. The molecule has 2 aromatic carbocycles. The third kappa shape index (κ3) is 4.21. The summed E-state index contributed by atoms with van der Waals surface area (Å²) in [7, 11) is 0. The summed E-state index contributed by atoms with van der Waals surface area (Å²) in [4.78, 5) is 26.0. The first-order valence-electron chi connectivity index (χ1n) is 9.36. The molecular weight excluding hydrogens is 438 g/mol. The Morgan fingerprint density at radius 3 is 2.55 bits per heavy atom. The number of halogens is 1. The Labute approximate surface area is 175 Å². The van der Waals surface area contributed by atoms with Gasteiger partial charge < -0.3 is 19.2 Å². The third-order valence-electron chi connectivity index (χ3n) is 5.29. The van der Waals surface area contributed by atoms with Gasteiger partial charge >= 0.3 is 5.63 Å². The molecule has 2 heterocycles. The predicted molar refractivity (Wildman–Crippen MR) is 112 cm³/mol. The maximum absolute atomic E-state index is 12.6. The van der Waals surface area contributed by atoms with E-state index in [4.69, 9.17) is 9.15 Å². The van der Waals surface area contributed by atoms with E-state index in [9.17, 15) is 14.7 Å². The molecule has 0 aliphatic carbocycles. The first kappa shape index (κ1) is 19.7. The number of benzene rings is 2. The molecule has 1 aliphatic rings. The molecule has 1 N–H and O–H groups in total. The number of fused-ring (bicyclic) bond motifs is 1. The number of hydrogen-bond donors (Lipinski definition) is 1. The Kier molecular flexibility index (Phi) is 5.43. The summed E-state index contributed by atoms with van der Waals surface area (Å²) in [5, 5.41) is 11.6. The molecule has 150 valence electrons. The molecule has 0 unspecified atom stereocenters. The van der Waals surface area contributed by atoms with Crippen molar-refractivity contribution in [1.82, 2.24) is 4.90 Å². The number of carbonyl (C=O) groups is 1. The van der Waals surface area contributed by atoms with Gasteiger partial charge in [-0.1, -0.05) is 40.2 Å². The number of hydrogen-bond acceptors (Lipinski definition) is 5. The van der Waals surface area contributed by atoms with Crippen LogP contribution in [0.15, 0.2) is 68.3 Å². The summed E-state index contributed by atoms with van der Waals surface area (Å²) in [5.41, 5.74) is -0.192. The minimum Gasteiger partial charge on any atom is -0.483 e. The van der Waals surface area contributed by atoms with Crippen molar-refractivity contribution in [2.75, 3.05) is 19.7 Å². The Hall–Kier alpha value is -2.64. The van der Waals surface area contributed by atoms with Gasteiger partial charge in [0.25, 0.3) is 5.91 Å². The number of piperidine rings is 1. The van der Waals surface area contributed by atoms with E-state index >= 15 is 0 Å². The minimum atomic E-state index is -0.938. The molecule has 0 spiro atoms. The topological polar surface area (TPSA) is 80.0 Å². The Morgan fingerprint density at radius 2 is 1.83 bits per heavy atom. The molecule has 1 aliphatic heterocycles. The van der Waals surface area contributed by atoms with Gasteiger partial charge in [-0.3, -0.25) is 4.79 Å². The largest absolute Gasteiger partial charge is 0.483 e. The van der Waals surface area contributed by atoms with Crippen molar-refractivity contribution in [2.24, 2.45) is 0 Å². The molecule has 0 atom stereocenters. The van der Waals surface area contributed by atoms with E-state index in [-0.39, 0.29) is 12.5 Å². The number of aliphatic hydroxyl groups is 1. The first-order valence-corrected chi connectivity index (χ1v) is 10.2. The van der Waals surface area contributed by atoms with Gasteiger partial charge in [-0.15, -0.1) is 0 Å². The van der Waals surface area contributed by atoms with Crippen LogP contribution in [0.3, 0.4) is 0 Å². The van der Waals surface area contributed by atoms with Gasteiger partial charge in [0.1, 0.15) is 11.3 Å². The number of carbonyl (C=O) groups excluding carboxylic acids is 1. The van der Waals surface area contributed by atoms with Crippen LogP contribution in [0.2, 0.25) is 0 Å². The van der Waals surface area contributed by atoms with Crippen molar-refractivity contribution in [3.63, 3.8) is 0 Å². The molecule has 0 bridgehead atoms. The second-order valence-corrected chi connectivity index (χ2v) is 8.05. The highest BCUT2D eigenvalue weighted by Crippen LogP contribution is 2.33. The first-order chi connectivity index (χ1) is 13.9. The van der Waals surface area contributed by atoms with Crippen LogP contribution in [0.1, 0.15) is 18.4 Å². The van der Waals surface area contributed by atoms with Crippen LogP contribution in [0.4, 0.5) is 0 Å². The molecule has 1 saturated heterocycles. The summed E-state index contributed by atoms with van der Waals surface area (Å²) < 4.78 is 11.7. The van der Waals surface area contributed by atoms with Crippen molar-refractivity contribution in [1.29, 1.82) is 0 Å². The van der Waals surface area contributed by atoms with Crippen LogP contribution >= 0.6 is 15.9 Å². The molecular formula is C22H20BrNO5. The fourth-order valence-corrected chi connectivity index (χ4v) is 3.87. The molecule has 1 amide bonds. The minimum absolute atomic E-state index is 0.176. The van der Waals surface area contributed by atoms with E-state index < -0.39 is 11.2 Å². The average Bonchev–Trinajstić information content (AvgIpc) is 2.72. The molecule has 0 radical (unpaired) electrons. The van der Waals surface area contributed by atoms with Crippen molar-refractivity contribution >= 4 is 32.8 Å². The molecule has 4 rings (SSSR count). The number of para-hydroxylation sites is 1. The monoisotopic (exact) mass is 457 g/mol. The standard InChI is InChI=1S/C22H20BrNO5/c23-16-7-5-15(6-8-16)22(27)9-11-24(12-10-22)20(25)14-28-19-13-21(26)29-18-4-2-1-3-17(18)19/h1-8,13,27H,9-12,14H2. The van der Waals surface area contributed by atoms with E-state index in [1.165, 1.54) is 6.07 Å². The van der Waals surface area contributed by atoms with Gasteiger partial charge in [-0.25, -0.2) is 4.79 Å². The van der Waals surface area contributed by atoms with Crippen LogP contribution in [0.25, 0.3) is 11.0 Å². The fourth-order valence-electron chi connectivity index (χ4n) is 3.61. The van der Waals surface area contributed by atoms with Crippen LogP contribution < -0.4 is 10.4 Å². The lowest BCUT2D eigenvalue weighted by atomic mass is 9.84. The molecule has 6 nitrogen and oxygen atoms in total. The molecule has 29 heavy (non-hydrogen) atoms. The van der Waals surface area contributed by atoms with Crippen LogP contribution in [-0.4, -0.2) is 35.6 Å². The maximum atomic E-state index is 12.6. The van der Waals surface area contributed by atoms with Crippen molar-refractivity contribution in [3.8, 4) is 5.75 Å². The zero-order valence-corrected chi connectivity index (χ0v) is 17.2. The summed E-state index contributed by atoms with van der Waals surface area (Å²) in [6, 6.07) is 15.9. The summed E-state index contributed by atoms with van der Waals surface area (Å²) >= 11 is 3.40. The van der Waals surface area contributed by atoms with Crippen LogP contribution in [0.5, 0.6) is 5.75 Å². The lowest BCUT2D eigenvalue weighted by molar-refractivity contribution is -0.137. The van der Waals surface area contributed by atoms with Crippen molar-refractivity contribution in [3.05, 3.63) is 75.1 Å². The van der Waals surface area contributed by atoms with Gasteiger partial charge in [-0.05, 0) is 42.7 Å². The number of rotatable bonds is 4. The van der Waals surface area contributed by atoms with Gasteiger partial charge in [-0.2, -0.15) is 0 Å². The zero-order valence-electron chi connectivity index (χ0n) is 15.6.